The van der Waals surface area contributed by atoms with Gasteiger partial charge >= 0.3 is 5.97 Å². The summed E-state index contributed by atoms with van der Waals surface area (Å²) in [5.74, 6) is 0.0896. The summed E-state index contributed by atoms with van der Waals surface area (Å²) in [4.78, 5) is 21.3. The minimum absolute atomic E-state index is 0.403. The van der Waals surface area contributed by atoms with Gasteiger partial charge in [0.1, 0.15) is 0 Å². The third-order valence-corrected chi connectivity index (χ3v) is 4.44. The molecular formula is C21H17BrN2O2. The minimum atomic E-state index is -0.403. The van der Waals surface area contributed by atoms with Gasteiger partial charge in [-0.1, -0.05) is 76.6 Å². The first-order chi connectivity index (χ1) is 12.7. The summed E-state index contributed by atoms with van der Waals surface area (Å²) in [5, 5.41) is 0.445. The van der Waals surface area contributed by atoms with Crippen molar-refractivity contribution in [1.82, 2.24) is 4.98 Å². The van der Waals surface area contributed by atoms with E-state index in [1.807, 2.05) is 60.7 Å². The molecule has 0 saturated heterocycles. The average Bonchev–Trinajstić information content (AvgIpc) is 2.72. The van der Waals surface area contributed by atoms with Crippen LogP contribution in [-0.2, 0) is 10.1 Å². The van der Waals surface area contributed by atoms with Crippen molar-refractivity contribution >= 4 is 33.4 Å². The number of aromatic nitrogens is 1. The Morgan fingerprint density at radius 3 is 2.08 bits per heavy atom. The Balaban J connectivity index is 2.20. The van der Waals surface area contributed by atoms with E-state index in [1.54, 1.807) is 12.3 Å². The summed E-state index contributed by atoms with van der Waals surface area (Å²) in [6.07, 6.45) is 1.57. The van der Waals surface area contributed by atoms with Gasteiger partial charge in [-0.05, 0) is 6.07 Å². The van der Waals surface area contributed by atoms with E-state index in [4.69, 9.17) is 9.73 Å². The van der Waals surface area contributed by atoms with Crippen LogP contribution in [0.5, 0.6) is 0 Å². The second-order valence-corrected chi connectivity index (χ2v) is 6.04. The molecule has 4 nitrogen and oxygen atoms in total. The molecule has 0 N–H and O–H groups in total. The Hall–Kier alpha value is -2.79. The third-order valence-electron chi connectivity index (χ3n) is 3.88. The van der Waals surface area contributed by atoms with Gasteiger partial charge in [-0.25, -0.2) is 14.8 Å². The number of pyridine rings is 1. The molecule has 3 rings (SSSR count). The monoisotopic (exact) mass is 408 g/mol. The molecule has 3 aromatic rings. The number of carbonyl (C=O) groups excluding carboxylic acids is 1. The van der Waals surface area contributed by atoms with E-state index in [9.17, 15) is 4.79 Å². The Kier molecular flexibility index (Phi) is 5.92. The standard InChI is InChI=1S/C21H17BrN2O2/c1-26-21(25)17-12-13-23-20(18(17)14-22)24-19(15-8-4-2-5-9-15)16-10-6-3-7-11-16/h2-13H,14H2,1H3. The first-order valence-electron chi connectivity index (χ1n) is 8.06. The number of aliphatic imine (C=N–C) groups is 1. The van der Waals surface area contributed by atoms with Gasteiger partial charge in [0.25, 0.3) is 0 Å². The molecule has 1 aromatic heterocycles. The zero-order chi connectivity index (χ0) is 18.4. The molecule has 0 saturated carbocycles. The second-order valence-electron chi connectivity index (χ2n) is 5.48. The van der Waals surface area contributed by atoms with E-state index in [2.05, 4.69) is 20.9 Å². The highest BCUT2D eigenvalue weighted by Crippen LogP contribution is 2.26. The molecule has 0 amide bonds. The number of ether oxygens (including phenoxy) is 1. The number of halogens is 1. The lowest BCUT2D eigenvalue weighted by atomic mass is 10.0. The Bertz CT molecular complexity index is 884. The highest BCUT2D eigenvalue weighted by Gasteiger charge is 2.16. The number of methoxy groups -OCH3 is 1. The first-order valence-corrected chi connectivity index (χ1v) is 9.18. The van der Waals surface area contributed by atoms with Crippen molar-refractivity contribution in [3.05, 3.63) is 95.2 Å². The second kappa shape index (κ2) is 8.54. The van der Waals surface area contributed by atoms with E-state index >= 15 is 0 Å². The summed E-state index contributed by atoms with van der Waals surface area (Å²) in [6.45, 7) is 0. The number of alkyl halides is 1. The summed E-state index contributed by atoms with van der Waals surface area (Å²) >= 11 is 3.44. The topological polar surface area (TPSA) is 51.5 Å². The number of nitrogens with zero attached hydrogens (tertiary/aromatic N) is 2. The van der Waals surface area contributed by atoms with Crippen molar-refractivity contribution in [3.63, 3.8) is 0 Å². The molecule has 5 heteroatoms. The van der Waals surface area contributed by atoms with Crippen LogP contribution in [0.3, 0.4) is 0 Å². The van der Waals surface area contributed by atoms with Gasteiger partial charge in [-0.3, -0.25) is 0 Å². The normalized spacial score (nSPS) is 10.2. The van der Waals surface area contributed by atoms with Crippen LogP contribution in [0.4, 0.5) is 5.82 Å². The molecule has 0 radical (unpaired) electrons. The number of carbonyl (C=O) groups is 1. The van der Waals surface area contributed by atoms with Crippen LogP contribution < -0.4 is 0 Å². The molecule has 0 spiro atoms. The lowest BCUT2D eigenvalue weighted by Crippen LogP contribution is -2.07. The molecule has 0 unspecified atom stereocenters. The molecular weight excluding hydrogens is 392 g/mol. The SMILES string of the molecule is COC(=O)c1ccnc(N=C(c2ccccc2)c2ccccc2)c1CBr. The smallest absolute Gasteiger partial charge is 0.338 e. The van der Waals surface area contributed by atoms with Crippen LogP contribution in [0.25, 0.3) is 0 Å². The third kappa shape index (κ3) is 3.89. The zero-order valence-corrected chi connectivity index (χ0v) is 15.8. The fourth-order valence-electron chi connectivity index (χ4n) is 2.60. The highest BCUT2D eigenvalue weighted by atomic mass is 79.9. The molecule has 0 fully saturated rings. The van der Waals surface area contributed by atoms with Crippen LogP contribution in [0, 0.1) is 0 Å². The van der Waals surface area contributed by atoms with Crippen molar-refractivity contribution in [3.8, 4) is 0 Å². The number of hydrogen-bond acceptors (Lipinski definition) is 4. The fourth-order valence-corrected chi connectivity index (χ4v) is 3.16. The van der Waals surface area contributed by atoms with Gasteiger partial charge < -0.3 is 4.74 Å². The van der Waals surface area contributed by atoms with E-state index in [0.717, 1.165) is 16.8 Å². The summed E-state index contributed by atoms with van der Waals surface area (Å²) in [5.41, 5.74) is 3.90. The predicted molar refractivity (Wildman–Crippen MR) is 106 cm³/mol. The molecule has 0 aliphatic carbocycles. The maximum atomic E-state index is 12.1. The summed E-state index contributed by atoms with van der Waals surface area (Å²) in [6, 6.07) is 21.5. The van der Waals surface area contributed by atoms with Crippen molar-refractivity contribution in [2.45, 2.75) is 5.33 Å². The van der Waals surface area contributed by atoms with Gasteiger partial charge in [0.2, 0.25) is 0 Å². The van der Waals surface area contributed by atoms with Crippen molar-refractivity contribution in [2.24, 2.45) is 4.99 Å². The van der Waals surface area contributed by atoms with Crippen molar-refractivity contribution < 1.29 is 9.53 Å². The van der Waals surface area contributed by atoms with E-state index < -0.39 is 5.97 Å². The van der Waals surface area contributed by atoms with Crippen molar-refractivity contribution in [2.75, 3.05) is 7.11 Å². The molecule has 1 heterocycles. The van der Waals surface area contributed by atoms with Gasteiger partial charge in [0, 0.05) is 28.2 Å². The number of rotatable bonds is 5. The fraction of sp³-hybridized carbons (Fsp3) is 0.0952. The Morgan fingerprint density at radius 2 is 1.58 bits per heavy atom. The maximum Gasteiger partial charge on any atom is 0.338 e. The van der Waals surface area contributed by atoms with Crippen LogP contribution >= 0.6 is 15.9 Å². The van der Waals surface area contributed by atoms with Gasteiger partial charge in [0.05, 0.1) is 18.4 Å². The zero-order valence-electron chi connectivity index (χ0n) is 14.2. The van der Waals surface area contributed by atoms with E-state index in [-0.39, 0.29) is 0 Å². The van der Waals surface area contributed by atoms with Crippen LogP contribution in [-0.4, -0.2) is 23.8 Å². The summed E-state index contributed by atoms with van der Waals surface area (Å²) in [7, 11) is 1.36. The Labute approximate surface area is 160 Å². The van der Waals surface area contributed by atoms with Crippen LogP contribution in [0.1, 0.15) is 27.0 Å². The molecule has 0 aliphatic rings. The largest absolute Gasteiger partial charge is 0.465 e. The molecule has 0 atom stereocenters. The molecule has 26 heavy (non-hydrogen) atoms. The van der Waals surface area contributed by atoms with Crippen LogP contribution in [0.15, 0.2) is 77.9 Å². The highest BCUT2D eigenvalue weighted by molar-refractivity contribution is 9.08. The molecule has 130 valence electrons. The minimum Gasteiger partial charge on any atom is -0.465 e. The first kappa shape index (κ1) is 18.0. The lowest BCUT2D eigenvalue weighted by molar-refractivity contribution is 0.0599. The molecule has 0 aliphatic heterocycles. The number of benzene rings is 2. The molecule has 2 aromatic carbocycles. The molecule has 0 bridgehead atoms. The maximum absolute atomic E-state index is 12.1. The number of esters is 1. The van der Waals surface area contributed by atoms with Gasteiger partial charge in [0.15, 0.2) is 5.82 Å². The van der Waals surface area contributed by atoms with E-state index in [0.29, 0.717) is 22.3 Å². The lowest BCUT2D eigenvalue weighted by Gasteiger charge is -2.11. The Morgan fingerprint density at radius 1 is 1.00 bits per heavy atom. The van der Waals surface area contributed by atoms with E-state index in [1.165, 1.54) is 7.11 Å². The van der Waals surface area contributed by atoms with Gasteiger partial charge in [-0.15, -0.1) is 0 Å². The summed E-state index contributed by atoms with van der Waals surface area (Å²) < 4.78 is 4.87. The van der Waals surface area contributed by atoms with Crippen LogP contribution in [0.2, 0.25) is 0 Å². The number of hydrogen-bond donors (Lipinski definition) is 0. The van der Waals surface area contributed by atoms with Gasteiger partial charge in [-0.2, -0.15) is 0 Å². The van der Waals surface area contributed by atoms with Crippen molar-refractivity contribution in [1.29, 1.82) is 0 Å². The quantitative estimate of drug-likeness (QED) is 0.341. The average molecular weight is 409 g/mol. The predicted octanol–water partition coefficient (Wildman–Crippen LogP) is 4.93.